The van der Waals surface area contributed by atoms with E-state index in [0.29, 0.717) is 13.0 Å². The smallest absolute Gasteiger partial charge is 0.232 e. The van der Waals surface area contributed by atoms with Gasteiger partial charge < -0.3 is 10.0 Å². The molecule has 0 aliphatic carbocycles. The van der Waals surface area contributed by atoms with Gasteiger partial charge in [-0.15, -0.1) is 0 Å². The number of aliphatic hydroxyl groups is 1. The van der Waals surface area contributed by atoms with Crippen molar-refractivity contribution in [3.05, 3.63) is 59.2 Å². The number of β-amino-alcohol motifs (C(OH)–C–C–N with tert-alkyl or cyclic N) is 1. The van der Waals surface area contributed by atoms with Crippen molar-refractivity contribution >= 4 is 21.4 Å². The Morgan fingerprint density at radius 3 is 2.50 bits per heavy atom. The van der Waals surface area contributed by atoms with Crippen LogP contribution < -0.4 is 9.21 Å². The second kappa shape index (κ2) is 8.21. The van der Waals surface area contributed by atoms with E-state index in [-0.39, 0.29) is 6.04 Å². The van der Waals surface area contributed by atoms with Crippen molar-refractivity contribution in [2.75, 3.05) is 48.2 Å². The van der Waals surface area contributed by atoms with Gasteiger partial charge in [0.05, 0.1) is 18.0 Å². The molecule has 162 valence electrons. The minimum atomic E-state index is -3.29. The van der Waals surface area contributed by atoms with Crippen LogP contribution in [0.4, 0.5) is 11.4 Å². The zero-order chi connectivity index (χ0) is 21.5. The Balaban J connectivity index is 1.39. The van der Waals surface area contributed by atoms with Crippen LogP contribution in [0.2, 0.25) is 0 Å². The predicted octanol–water partition coefficient (Wildman–Crippen LogP) is 2.56. The number of hydrogen-bond acceptors (Lipinski definition) is 5. The summed E-state index contributed by atoms with van der Waals surface area (Å²) >= 11 is 0. The number of aryl methyl sites for hydroxylation is 1. The zero-order valence-corrected chi connectivity index (χ0v) is 18.8. The van der Waals surface area contributed by atoms with Crippen LogP contribution in [0.15, 0.2) is 42.5 Å². The average molecular weight is 430 g/mol. The monoisotopic (exact) mass is 429 g/mol. The fourth-order valence-corrected chi connectivity index (χ4v) is 5.96. The summed E-state index contributed by atoms with van der Waals surface area (Å²) in [7, 11) is -3.29. The lowest BCUT2D eigenvalue weighted by molar-refractivity contribution is 0.109. The highest BCUT2D eigenvalue weighted by molar-refractivity contribution is 7.92. The van der Waals surface area contributed by atoms with Gasteiger partial charge >= 0.3 is 0 Å². The van der Waals surface area contributed by atoms with Gasteiger partial charge in [-0.2, -0.15) is 0 Å². The molecule has 1 saturated heterocycles. The van der Waals surface area contributed by atoms with E-state index in [1.165, 1.54) is 21.8 Å². The first-order valence-corrected chi connectivity index (χ1v) is 12.4. The van der Waals surface area contributed by atoms with Crippen LogP contribution in [0.5, 0.6) is 0 Å². The minimum absolute atomic E-state index is 0.0860. The highest BCUT2D eigenvalue weighted by Crippen LogP contribution is 2.36. The van der Waals surface area contributed by atoms with E-state index in [1.54, 1.807) is 0 Å². The van der Waals surface area contributed by atoms with Crippen LogP contribution in [0.25, 0.3) is 0 Å². The fourth-order valence-electron chi connectivity index (χ4n) is 4.70. The summed E-state index contributed by atoms with van der Waals surface area (Å²) in [5.74, 6) is 0. The van der Waals surface area contributed by atoms with Gasteiger partial charge in [-0.25, -0.2) is 8.42 Å². The lowest BCUT2D eigenvalue weighted by atomic mass is 10.0. The van der Waals surface area contributed by atoms with Crippen LogP contribution in [0.3, 0.4) is 0 Å². The number of hydrogen-bond donors (Lipinski definition) is 1. The van der Waals surface area contributed by atoms with Crippen molar-refractivity contribution in [1.29, 1.82) is 0 Å². The molecule has 0 radical (unpaired) electrons. The molecule has 6 nitrogen and oxygen atoms in total. The molecule has 1 fully saturated rings. The molecule has 2 aromatic rings. The molecule has 0 aromatic heterocycles. The van der Waals surface area contributed by atoms with Gasteiger partial charge in [-0.1, -0.05) is 24.3 Å². The molecule has 1 N–H and O–H groups in total. The maximum atomic E-state index is 12.1. The van der Waals surface area contributed by atoms with E-state index in [2.05, 4.69) is 41.0 Å². The van der Waals surface area contributed by atoms with Crippen molar-refractivity contribution < 1.29 is 13.5 Å². The van der Waals surface area contributed by atoms with Crippen LogP contribution in [-0.2, 0) is 16.4 Å². The molecular formula is C23H31N3O3S. The first-order valence-electron chi connectivity index (χ1n) is 10.6. The molecule has 2 aliphatic heterocycles. The summed E-state index contributed by atoms with van der Waals surface area (Å²) in [4.78, 5) is 4.70. The van der Waals surface area contributed by atoms with Crippen molar-refractivity contribution in [2.24, 2.45) is 0 Å². The summed E-state index contributed by atoms with van der Waals surface area (Å²) in [6.45, 7) is 8.34. The maximum absolute atomic E-state index is 12.1. The molecular weight excluding hydrogens is 398 g/mol. The van der Waals surface area contributed by atoms with Gasteiger partial charge in [0, 0.05) is 44.5 Å². The van der Waals surface area contributed by atoms with Gasteiger partial charge in [0.2, 0.25) is 10.0 Å². The van der Waals surface area contributed by atoms with Crippen molar-refractivity contribution in [2.45, 2.75) is 32.4 Å². The van der Waals surface area contributed by atoms with Gasteiger partial charge in [-0.05, 0) is 55.2 Å². The predicted molar refractivity (Wildman–Crippen MR) is 122 cm³/mol. The molecule has 2 heterocycles. The number of sulfonamides is 1. The maximum Gasteiger partial charge on any atom is 0.232 e. The van der Waals surface area contributed by atoms with Gasteiger partial charge in [0.25, 0.3) is 0 Å². The Morgan fingerprint density at radius 1 is 1.10 bits per heavy atom. The van der Waals surface area contributed by atoms with Crippen LogP contribution >= 0.6 is 0 Å². The lowest BCUT2D eigenvalue weighted by Gasteiger charge is -2.37. The summed E-state index contributed by atoms with van der Waals surface area (Å²) in [6, 6.07) is 14.2. The van der Waals surface area contributed by atoms with Gasteiger partial charge in [0.15, 0.2) is 0 Å². The SMILES string of the molecule is Cc1cccc(N2CCN(C[C@@H](O)c3ccc4c(c3)C[C@H](C)N4S(C)(=O)=O)CC2)c1. The summed E-state index contributed by atoms with van der Waals surface area (Å²) in [6.07, 6.45) is 1.35. The standard InChI is InChI=1S/C23H31N3O3S/c1-17-5-4-6-21(13-17)25-11-9-24(10-12-25)16-23(27)19-7-8-22-20(15-19)14-18(2)26(22)30(3,28)29/h4-8,13,15,18,23,27H,9-12,14,16H2,1-3H3/t18-,23+/m0/s1. The Kier molecular flexibility index (Phi) is 5.79. The highest BCUT2D eigenvalue weighted by Gasteiger charge is 2.33. The molecule has 0 bridgehead atoms. The van der Waals surface area contributed by atoms with Crippen LogP contribution in [0.1, 0.15) is 29.7 Å². The molecule has 0 unspecified atom stereocenters. The molecule has 2 atom stereocenters. The first-order chi connectivity index (χ1) is 14.2. The Labute approximate surface area is 179 Å². The highest BCUT2D eigenvalue weighted by atomic mass is 32.2. The van der Waals surface area contributed by atoms with E-state index in [4.69, 9.17) is 0 Å². The van der Waals surface area contributed by atoms with Crippen molar-refractivity contribution in [3.8, 4) is 0 Å². The number of anilines is 2. The fraction of sp³-hybridized carbons (Fsp3) is 0.478. The first kappa shape index (κ1) is 21.2. The lowest BCUT2D eigenvalue weighted by Crippen LogP contribution is -2.47. The molecule has 4 rings (SSSR count). The molecule has 0 amide bonds. The molecule has 0 saturated carbocycles. The number of benzene rings is 2. The van der Waals surface area contributed by atoms with E-state index in [9.17, 15) is 13.5 Å². The number of nitrogens with zero attached hydrogens (tertiary/aromatic N) is 3. The third-order valence-corrected chi connectivity index (χ3v) is 7.44. The quantitative estimate of drug-likeness (QED) is 0.792. The third-order valence-electron chi connectivity index (χ3n) is 6.17. The molecule has 2 aromatic carbocycles. The summed E-state index contributed by atoms with van der Waals surface area (Å²) in [5, 5.41) is 10.8. The van der Waals surface area contributed by atoms with Crippen LogP contribution in [-0.4, -0.2) is 63.4 Å². The zero-order valence-electron chi connectivity index (χ0n) is 18.0. The van der Waals surface area contributed by atoms with Crippen molar-refractivity contribution in [1.82, 2.24) is 4.90 Å². The number of fused-ring (bicyclic) bond motifs is 1. The molecule has 7 heteroatoms. The normalized spacial score (nSPS) is 21.0. The van der Waals surface area contributed by atoms with Crippen LogP contribution in [0, 0.1) is 6.92 Å². The average Bonchev–Trinajstić information content (AvgIpc) is 3.03. The number of aliphatic hydroxyl groups excluding tert-OH is 1. The Bertz CT molecular complexity index is 1020. The number of piperazine rings is 1. The summed E-state index contributed by atoms with van der Waals surface area (Å²) < 4.78 is 25.7. The minimum Gasteiger partial charge on any atom is -0.387 e. The Hall–Kier alpha value is -2.09. The van der Waals surface area contributed by atoms with E-state index < -0.39 is 16.1 Å². The molecule has 0 spiro atoms. The third kappa shape index (κ3) is 4.33. The van der Waals surface area contributed by atoms with Crippen molar-refractivity contribution in [3.63, 3.8) is 0 Å². The topological polar surface area (TPSA) is 64.1 Å². The Morgan fingerprint density at radius 2 is 1.83 bits per heavy atom. The molecule has 2 aliphatic rings. The van der Waals surface area contributed by atoms with E-state index >= 15 is 0 Å². The second-order valence-electron chi connectivity index (χ2n) is 8.64. The summed E-state index contributed by atoms with van der Waals surface area (Å²) in [5.41, 5.74) is 5.13. The largest absolute Gasteiger partial charge is 0.387 e. The number of rotatable bonds is 5. The second-order valence-corrected chi connectivity index (χ2v) is 10.5. The molecule has 30 heavy (non-hydrogen) atoms. The van der Waals surface area contributed by atoms with E-state index in [0.717, 1.165) is 43.0 Å². The van der Waals surface area contributed by atoms with Gasteiger partial charge in [-0.3, -0.25) is 9.21 Å². The van der Waals surface area contributed by atoms with Gasteiger partial charge in [0.1, 0.15) is 0 Å². The van der Waals surface area contributed by atoms with E-state index in [1.807, 2.05) is 25.1 Å².